The minimum Gasteiger partial charge on any atom is -0.399 e. The van der Waals surface area contributed by atoms with Crippen molar-refractivity contribution in [2.24, 2.45) is 0 Å². The second kappa shape index (κ2) is 6.07. The number of rotatable bonds is 5. The van der Waals surface area contributed by atoms with Gasteiger partial charge in [0, 0.05) is 24.5 Å². The monoisotopic (exact) mass is 242 g/mol. The van der Waals surface area contributed by atoms with Crippen molar-refractivity contribution in [3.63, 3.8) is 0 Å². The summed E-state index contributed by atoms with van der Waals surface area (Å²) in [5.74, 6) is 0. The molecule has 0 heterocycles. The fourth-order valence-corrected chi connectivity index (χ4v) is 1.85. The fourth-order valence-electron chi connectivity index (χ4n) is 1.85. The van der Waals surface area contributed by atoms with Crippen LogP contribution in [-0.2, 0) is 13.0 Å². The van der Waals surface area contributed by atoms with E-state index >= 15 is 0 Å². The third kappa shape index (κ3) is 3.25. The van der Waals surface area contributed by atoms with Crippen LogP contribution in [0.5, 0.6) is 0 Å². The van der Waals surface area contributed by atoms with E-state index in [1.54, 1.807) is 0 Å². The van der Waals surface area contributed by atoms with Crippen LogP contribution in [0.25, 0.3) is 0 Å². The number of hydrogen-bond acceptors (Lipinski definition) is 3. The summed E-state index contributed by atoms with van der Waals surface area (Å²) < 4.78 is 0. The third-order valence-electron chi connectivity index (χ3n) is 2.86. The summed E-state index contributed by atoms with van der Waals surface area (Å²) in [6.45, 7) is 0.898. The molecule has 0 aliphatic rings. The van der Waals surface area contributed by atoms with Crippen LogP contribution in [-0.4, -0.2) is 11.7 Å². The molecule has 0 amide bonds. The lowest BCUT2D eigenvalue weighted by molar-refractivity contribution is 0.300. The largest absolute Gasteiger partial charge is 0.399 e. The highest BCUT2D eigenvalue weighted by atomic mass is 16.2. The Kier molecular flexibility index (Phi) is 4.20. The summed E-state index contributed by atoms with van der Waals surface area (Å²) in [7, 11) is 0. The molecule has 0 saturated heterocycles. The Morgan fingerprint density at radius 2 is 1.83 bits per heavy atom. The smallest absolute Gasteiger partial charge is 0.0472 e. The lowest BCUT2D eigenvalue weighted by Crippen LogP contribution is -2.02. The van der Waals surface area contributed by atoms with Crippen LogP contribution in [0.3, 0.4) is 0 Å². The third-order valence-corrected chi connectivity index (χ3v) is 2.86. The average molecular weight is 242 g/mol. The number of nitrogens with two attached hydrogens (primary N) is 1. The van der Waals surface area contributed by atoms with Crippen molar-refractivity contribution >= 4 is 11.4 Å². The molecule has 3 nitrogen and oxygen atoms in total. The van der Waals surface area contributed by atoms with E-state index in [0.29, 0.717) is 6.42 Å². The van der Waals surface area contributed by atoms with Gasteiger partial charge in [-0.15, -0.1) is 0 Å². The maximum atomic E-state index is 8.97. The molecular weight excluding hydrogens is 224 g/mol. The molecule has 4 N–H and O–H groups in total. The summed E-state index contributed by atoms with van der Waals surface area (Å²) >= 11 is 0. The molecule has 0 fully saturated rings. The summed E-state index contributed by atoms with van der Waals surface area (Å²) in [6, 6.07) is 16.0. The van der Waals surface area contributed by atoms with Crippen LogP contribution in [0.15, 0.2) is 48.5 Å². The highest BCUT2D eigenvalue weighted by molar-refractivity contribution is 5.57. The van der Waals surface area contributed by atoms with Crippen LogP contribution in [0.2, 0.25) is 0 Å². The first-order valence-electron chi connectivity index (χ1n) is 6.06. The molecular formula is C15H18N2O. The Morgan fingerprint density at radius 1 is 1.06 bits per heavy atom. The van der Waals surface area contributed by atoms with E-state index in [0.717, 1.165) is 23.5 Å². The zero-order valence-corrected chi connectivity index (χ0v) is 10.3. The average Bonchev–Trinajstić information content (AvgIpc) is 2.41. The molecule has 0 unspecified atom stereocenters. The lowest BCUT2D eigenvalue weighted by Gasteiger charge is -2.10. The van der Waals surface area contributed by atoms with Gasteiger partial charge in [-0.3, -0.25) is 0 Å². The maximum Gasteiger partial charge on any atom is 0.0472 e. The van der Waals surface area contributed by atoms with Gasteiger partial charge in [-0.1, -0.05) is 30.3 Å². The van der Waals surface area contributed by atoms with Gasteiger partial charge in [-0.05, 0) is 35.7 Å². The lowest BCUT2D eigenvalue weighted by atomic mass is 10.1. The molecule has 0 aromatic heterocycles. The number of nitrogen functional groups attached to an aromatic ring is 1. The van der Waals surface area contributed by atoms with Gasteiger partial charge >= 0.3 is 0 Å². The molecule has 3 heteroatoms. The molecule has 94 valence electrons. The van der Waals surface area contributed by atoms with Crippen molar-refractivity contribution < 1.29 is 5.11 Å². The summed E-state index contributed by atoms with van der Waals surface area (Å²) in [6.07, 6.45) is 0.590. The molecule has 2 rings (SSSR count). The van der Waals surface area contributed by atoms with Gasteiger partial charge < -0.3 is 16.2 Å². The number of nitrogens with one attached hydrogen (secondary N) is 1. The molecule has 0 spiro atoms. The van der Waals surface area contributed by atoms with Gasteiger partial charge in [0.15, 0.2) is 0 Å². The van der Waals surface area contributed by atoms with Crippen LogP contribution < -0.4 is 11.1 Å². The fraction of sp³-hybridized carbons (Fsp3) is 0.200. The highest BCUT2D eigenvalue weighted by Crippen LogP contribution is 2.18. The number of anilines is 2. The molecule has 2 aromatic carbocycles. The molecule has 0 radical (unpaired) electrons. The van der Waals surface area contributed by atoms with E-state index in [9.17, 15) is 0 Å². The van der Waals surface area contributed by atoms with Crippen LogP contribution in [0.4, 0.5) is 11.4 Å². The van der Waals surface area contributed by atoms with Gasteiger partial charge in [0.25, 0.3) is 0 Å². The minimum absolute atomic E-state index is 0.117. The molecule has 18 heavy (non-hydrogen) atoms. The van der Waals surface area contributed by atoms with Crippen molar-refractivity contribution in [1.29, 1.82) is 0 Å². The van der Waals surface area contributed by atoms with Crippen molar-refractivity contribution in [3.8, 4) is 0 Å². The first kappa shape index (κ1) is 12.5. The van der Waals surface area contributed by atoms with Gasteiger partial charge in [0.2, 0.25) is 0 Å². The maximum absolute atomic E-state index is 8.97. The van der Waals surface area contributed by atoms with Crippen molar-refractivity contribution in [3.05, 3.63) is 59.7 Å². The highest BCUT2D eigenvalue weighted by Gasteiger charge is 2.00. The predicted octanol–water partition coefficient (Wildman–Crippen LogP) is 2.42. The zero-order chi connectivity index (χ0) is 12.8. The minimum atomic E-state index is 0.117. The first-order valence-corrected chi connectivity index (χ1v) is 6.06. The number of aliphatic hydroxyl groups excluding tert-OH is 1. The number of hydrogen-bond donors (Lipinski definition) is 3. The van der Waals surface area contributed by atoms with E-state index < -0.39 is 0 Å². The Morgan fingerprint density at radius 3 is 2.56 bits per heavy atom. The summed E-state index contributed by atoms with van der Waals surface area (Å²) in [4.78, 5) is 0. The molecule has 0 aliphatic carbocycles. The van der Waals surface area contributed by atoms with E-state index in [1.807, 2.05) is 36.4 Å². The van der Waals surface area contributed by atoms with E-state index in [2.05, 4.69) is 17.4 Å². The Bertz CT molecular complexity index is 497. The predicted molar refractivity (Wildman–Crippen MR) is 75.4 cm³/mol. The van der Waals surface area contributed by atoms with Crippen LogP contribution in [0, 0.1) is 0 Å². The second-order valence-electron chi connectivity index (χ2n) is 4.23. The molecule has 2 aromatic rings. The van der Waals surface area contributed by atoms with Gasteiger partial charge in [-0.25, -0.2) is 0 Å². The molecule has 0 bridgehead atoms. The topological polar surface area (TPSA) is 58.3 Å². The van der Waals surface area contributed by atoms with Gasteiger partial charge in [0.1, 0.15) is 0 Å². The Hall–Kier alpha value is -2.00. The molecule has 0 atom stereocenters. The van der Waals surface area contributed by atoms with Crippen molar-refractivity contribution in [2.75, 3.05) is 17.7 Å². The molecule has 0 aliphatic heterocycles. The van der Waals surface area contributed by atoms with E-state index in [4.69, 9.17) is 10.8 Å². The van der Waals surface area contributed by atoms with Gasteiger partial charge in [-0.2, -0.15) is 0 Å². The Labute approximate surface area is 107 Å². The normalized spacial score (nSPS) is 10.3. The SMILES string of the molecule is Nc1ccc(NCc2ccccc2)cc1CCO. The van der Waals surface area contributed by atoms with Crippen molar-refractivity contribution in [2.45, 2.75) is 13.0 Å². The van der Waals surface area contributed by atoms with Crippen LogP contribution in [0.1, 0.15) is 11.1 Å². The zero-order valence-electron chi connectivity index (χ0n) is 10.3. The number of aliphatic hydroxyl groups is 1. The standard InChI is InChI=1S/C15H18N2O/c16-15-7-6-14(10-13(15)8-9-18)17-11-12-4-2-1-3-5-12/h1-7,10,17-18H,8-9,11,16H2. The molecule has 0 saturated carbocycles. The Balaban J connectivity index is 2.03. The summed E-state index contributed by atoms with van der Waals surface area (Å²) in [5, 5.41) is 12.3. The quantitative estimate of drug-likeness (QED) is 0.706. The van der Waals surface area contributed by atoms with Crippen molar-refractivity contribution in [1.82, 2.24) is 0 Å². The van der Waals surface area contributed by atoms with Gasteiger partial charge in [0.05, 0.1) is 0 Å². The van der Waals surface area contributed by atoms with Crippen LogP contribution >= 0.6 is 0 Å². The first-order chi connectivity index (χ1) is 8.79. The number of benzene rings is 2. The van der Waals surface area contributed by atoms with E-state index in [-0.39, 0.29) is 6.61 Å². The van der Waals surface area contributed by atoms with E-state index in [1.165, 1.54) is 5.56 Å². The summed E-state index contributed by atoms with van der Waals surface area (Å²) in [5.41, 5.74) is 9.82. The second-order valence-corrected chi connectivity index (χ2v) is 4.23.